The summed E-state index contributed by atoms with van der Waals surface area (Å²) in [5.74, 6) is 3.80. The molecule has 3 saturated carbocycles. The zero-order valence-electron chi connectivity index (χ0n) is 20.2. The lowest BCUT2D eigenvalue weighted by molar-refractivity contribution is -0.135. The third kappa shape index (κ3) is 4.42. The van der Waals surface area contributed by atoms with Crippen molar-refractivity contribution < 1.29 is 9.59 Å². The van der Waals surface area contributed by atoms with Crippen molar-refractivity contribution in [1.82, 2.24) is 9.88 Å². The van der Waals surface area contributed by atoms with Gasteiger partial charge in [0.1, 0.15) is 11.9 Å². The smallest absolute Gasteiger partial charge is 0.300 e. The Morgan fingerprint density at radius 1 is 1.08 bits per heavy atom. The van der Waals surface area contributed by atoms with Gasteiger partial charge in [-0.1, -0.05) is 12.1 Å². The number of amides is 2. The topological polar surface area (TPSA) is 89.3 Å². The molecule has 1 aromatic carbocycles. The van der Waals surface area contributed by atoms with E-state index < -0.39 is 5.91 Å². The second-order valence-corrected chi connectivity index (χ2v) is 10.5. The largest absolute Gasteiger partial charge is 0.352 e. The van der Waals surface area contributed by atoms with Gasteiger partial charge in [-0.05, 0) is 74.1 Å². The van der Waals surface area contributed by atoms with Gasteiger partial charge in [0, 0.05) is 42.7 Å². The summed E-state index contributed by atoms with van der Waals surface area (Å²) in [5.41, 5.74) is 3.99. The molecule has 1 atom stereocenters. The number of nitrogens with zero attached hydrogens (tertiary/aromatic N) is 4. The maximum Gasteiger partial charge on any atom is 0.300 e. The van der Waals surface area contributed by atoms with Crippen LogP contribution in [0.1, 0.15) is 55.7 Å². The van der Waals surface area contributed by atoms with Gasteiger partial charge in [0.15, 0.2) is 0 Å². The number of anilines is 2. The van der Waals surface area contributed by atoms with Crippen LogP contribution in [0.2, 0.25) is 0 Å². The van der Waals surface area contributed by atoms with Gasteiger partial charge in [-0.25, -0.2) is 4.98 Å². The maximum atomic E-state index is 12.9. The van der Waals surface area contributed by atoms with Crippen molar-refractivity contribution in [3.63, 3.8) is 0 Å². The summed E-state index contributed by atoms with van der Waals surface area (Å²) in [7, 11) is 0. The van der Waals surface area contributed by atoms with E-state index in [9.17, 15) is 14.9 Å². The molecule has 2 aromatic rings. The third-order valence-corrected chi connectivity index (χ3v) is 7.77. The van der Waals surface area contributed by atoms with Crippen LogP contribution < -0.4 is 10.2 Å². The molecular weight excluding hydrogens is 450 g/mol. The monoisotopic (exact) mass is 479 g/mol. The van der Waals surface area contributed by atoms with Gasteiger partial charge in [-0.3, -0.25) is 9.59 Å². The number of carbonyl (C=O) groups is 2. The number of rotatable bonds is 6. The van der Waals surface area contributed by atoms with Crippen LogP contribution in [-0.4, -0.2) is 47.4 Å². The fourth-order valence-corrected chi connectivity index (χ4v) is 5.40. The summed E-state index contributed by atoms with van der Waals surface area (Å²) in [6.45, 7) is 2.13. The molecule has 1 saturated heterocycles. The first-order valence-electron chi connectivity index (χ1n) is 12.9. The molecule has 3 aliphatic carbocycles. The number of hydrogen-bond donors (Lipinski definition) is 1. The minimum atomic E-state index is -0.495. The molecule has 6 rings (SSSR count). The summed E-state index contributed by atoms with van der Waals surface area (Å²) < 4.78 is 0. The number of hydrogen-bond acceptors (Lipinski definition) is 5. The van der Waals surface area contributed by atoms with Crippen molar-refractivity contribution in [1.29, 1.82) is 5.26 Å². The quantitative estimate of drug-likeness (QED) is 0.635. The predicted octanol–water partition coefficient (Wildman–Crippen LogP) is 3.91. The molecule has 7 heteroatoms. The Bertz CT molecular complexity index is 1310. The Kier molecular flexibility index (Phi) is 5.64. The van der Waals surface area contributed by atoms with Gasteiger partial charge in [0.2, 0.25) is 5.91 Å². The third-order valence-electron chi connectivity index (χ3n) is 7.77. The lowest BCUT2D eigenvalue weighted by Crippen LogP contribution is -2.57. The highest BCUT2D eigenvalue weighted by Crippen LogP contribution is 2.46. The first-order valence-corrected chi connectivity index (χ1v) is 12.9. The van der Waals surface area contributed by atoms with Crippen LogP contribution in [0.25, 0.3) is 11.1 Å². The molecule has 1 aromatic heterocycles. The molecule has 1 N–H and O–H groups in total. The molecular formula is C29H29N5O2. The molecule has 0 spiro atoms. The van der Waals surface area contributed by atoms with Crippen LogP contribution >= 0.6 is 0 Å². The molecule has 182 valence electrons. The zero-order valence-corrected chi connectivity index (χ0v) is 20.2. The van der Waals surface area contributed by atoms with Crippen molar-refractivity contribution in [2.45, 2.75) is 50.5 Å². The van der Waals surface area contributed by atoms with E-state index in [1.54, 1.807) is 6.07 Å². The predicted molar refractivity (Wildman–Crippen MR) is 137 cm³/mol. The highest BCUT2D eigenvalue weighted by atomic mass is 16.2. The Labute approximate surface area is 211 Å². The second kappa shape index (κ2) is 8.99. The number of aromatic nitrogens is 1. The number of carbonyl (C=O) groups excluding carboxylic acids is 2. The van der Waals surface area contributed by atoms with Crippen LogP contribution in [0.4, 0.5) is 11.5 Å². The van der Waals surface area contributed by atoms with Crippen LogP contribution in [0, 0.1) is 35.5 Å². The molecule has 4 aliphatic rings. The standard InChI is InChI=1S/C29H29N5O2/c1-2-26(35)31-23-5-3-4-21(14-23)24-15-22(16-30)28(32-27(24)19-8-9-19)33-12-13-34(29(36)20-10-11-20)25(17-33)18-6-7-18/h1,3-5,14-15,18-20,25H,6-13,17H2,(H,31,35)/t25-/m0/s1. The van der Waals surface area contributed by atoms with Gasteiger partial charge in [-0.15, -0.1) is 6.42 Å². The first-order chi connectivity index (χ1) is 17.6. The van der Waals surface area contributed by atoms with Crippen molar-refractivity contribution in [2.24, 2.45) is 11.8 Å². The number of pyridine rings is 1. The Morgan fingerprint density at radius 2 is 1.89 bits per heavy atom. The summed E-state index contributed by atoms with van der Waals surface area (Å²) in [6, 6.07) is 12.1. The van der Waals surface area contributed by atoms with Crippen LogP contribution in [0.5, 0.6) is 0 Å². The molecule has 7 nitrogen and oxygen atoms in total. The molecule has 2 amide bonds. The Morgan fingerprint density at radius 3 is 2.56 bits per heavy atom. The van der Waals surface area contributed by atoms with Crippen LogP contribution in [0.3, 0.4) is 0 Å². The van der Waals surface area contributed by atoms with E-state index in [0.29, 0.717) is 42.1 Å². The minimum Gasteiger partial charge on any atom is -0.352 e. The Balaban J connectivity index is 1.33. The molecule has 2 heterocycles. The van der Waals surface area contributed by atoms with E-state index in [4.69, 9.17) is 11.4 Å². The molecule has 1 aliphatic heterocycles. The molecule has 36 heavy (non-hydrogen) atoms. The van der Waals surface area contributed by atoms with Gasteiger partial charge < -0.3 is 15.1 Å². The van der Waals surface area contributed by atoms with Crippen molar-refractivity contribution in [3.8, 4) is 29.5 Å². The van der Waals surface area contributed by atoms with Crippen molar-refractivity contribution >= 4 is 23.3 Å². The first kappa shape index (κ1) is 22.6. The minimum absolute atomic E-state index is 0.209. The normalized spacial score (nSPS) is 21.4. The van der Waals surface area contributed by atoms with E-state index in [1.807, 2.05) is 24.3 Å². The van der Waals surface area contributed by atoms with Crippen LogP contribution in [0.15, 0.2) is 30.3 Å². The van der Waals surface area contributed by atoms with Crippen molar-refractivity contribution in [3.05, 3.63) is 41.6 Å². The molecule has 4 fully saturated rings. The zero-order chi connectivity index (χ0) is 24.8. The van der Waals surface area contributed by atoms with Gasteiger partial charge >= 0.3 is 0 Å². The van der Waals surface area contributed by atoms with E-state index in [2.05, 4.69) is 27.1 Å². The van der Waals surface area contributed by atoms with Gasteiger partial charge in [0.25, 0.3) is 5.91 Å². The number of nitriles is 1. The van der Waals surface area contributed by atoms with Crippen molar-refractivity contribution in [2.75, 3.05) is 29.9 Å². The summed E-state index contributed by atoms with van der Waals surface area (Å²) in [4.78, 5) is 34.1. The summed E-state index contributed by atoms with van der Waals surface area (Å²) >= 11 is 0. The summed E-state index contributed by atoms with van der Waals surface area (Å²) in [6.07, 6.45) is 11.8. The lowest BCUT2D eigenvalue weighted by atomic mass is 9.98. The van der Waals surface area contributed by atoms with E-state index in [-0.39, 0.29) is 12.0 Å². The average molecular weight is 480 g/mol. The number of piperazine rings is 1. The molecule has 0 bridgehead atoms. The lowest BCUT2D eigenvalue weighted by Gasteiger charge is -2.43. The van der Waals surface area contributed by atoms with E-state index >= 15 is 0 Å². The number of nitrogens with one attached hydrogen (secondary N) is 1. The second-order valence-electron chi connectivity index (χ2n) is 10.5. The van der Waals surface area contributed by atoms with E-state index in [0.717, 1.165) is 54.9 Å². The summed E-state index contributed by atoms with van der Waals surface area (Å²) in [5, 5.41) is 12.8. The highest BCUT2D eigenvalue weighted by molar-refractivity contribution is 6.03. The SMILES string of the molecule is C#CC(=O)Nc1cccc(-c2cc(C#N)c(N3CCN(C(=O)C4CC4)[C@H](C4CC4)C3)nc2C2CC2)c1. The fraction of sp³-hybridized carbons (Fsp3) is 0.448. The van der Waals surface area contributed by atoms with Crippen LogP contribution in [-0.2, 0) is 9.59 Å². The number of benzene rings is 1. The fourth-order valence-electron chi connectivity index (χ4n) is 5.40. The number of terminal acetylenes is 1. The average Bonchev–Trinajstić information content (AvgIpc) is 3.75. The van der Waals surface area contributed by atoms with Gasteiger partial charge in [0.05, 0.1) is 17.3 Å². The molecule has 0 unspecified atom stereocenters. The maximum absolute atomic E-state index is 12.9. The van der Waals surface area contributed by atoms with Gasteiger partial charge in [-0.2, -0.15) is 5.26 Å². The molecule has 0 radical (unpaired) electrons. The van der Waals surface area contributed by atoms with E-state index in [1.165, 1.54) is 12.8 Å². The highest BCUT2D eigenvalue weighted by Gasteiger charge is 2.45. The Hall–Kier alpha value is -3.84.